The summed E-state index contributed by atoms with van der Waals surface area (Å²) in [5.41, 5.74) is -0.751. The summed E-state index contributed by atoms with van der Waals surface area (Å²) in [6, 6.07) is 2.88. The second-order valence-electron chi connectivity index (χ2n) is 5.28. The first-order valence-corrected chi connectivity index (χ1v) is 6.92. The highest BCUT2D eigenvalue weighted by molar-refractivity contribution is 5.74. The molecule has 6 nitrogen and oxygen atoms in total. The van der Waals surface area contributed by atoms with Crippen LogP contribution in [0.1, 0.15) is 37.5 Å². The number of hydrogen-bond donors (Lipinski definition) is 3. The maximum Gasteiger partial charge on any atom is 0.315 e. The zero-order valence-electron chi connectivity index (χ0n) is 11.7. The lowest BCUT2D eigenvalue weighted by molar-refractivity contribution is 0.0498. The van der Waals surface area contributed by atoms with Gasteiger partial charge in [-0.2, -0.15) is 0 Å². The van der Waals surface area contributed by atoms with Gasteiger partial charge in [0, 0.05) is 13.7 Å². The summed E-state index contributed by atoms with van der Waals surface area (Å²) >= 11 is 0. The number of amides is 2. The standard InChI is InChI=1S/C14H22N2O4/c1-19-9-11(12-5-4-8-20-12)16-13(17)15-10-14(18)6-2-3-7-14/h4-5,8,11,18H,2-3,6-7,9-10H2,1H3,(H2,15,16,17). The Morgan fingerprint density at radius 2 is 2.30 bits per heavy atom. The van der Waals surface area contributed by atoms with Crippen molar-refractivity contribution >= 4 is 6.03 Å². The van der Waals surface area contributed by atoms with Gasteiger partial charge < -0.3 is 24.9 Å². The molecule has 6 heteroatoms. The molecule has 3 N–H and O–H groups in total. The average Bonchev–Trinajstić information content (AvgIpc) is 3.08. The molecule has 1 fully saturated rings. The molecule has 112 valence electrons. The SMILES string of the molecule is COCC(NC(=O)NCC1(O)CCCC1)c1ccco1. The average molecular weight is 282 g/mol. The van der Waals surface area contributed by atoms with Crippen molar-refractivity contribution in [1.29, 1.82) is 0 Å². The quantitative estimate of drug-likeness (QED) is 0.739. The number of rotatable bonds is 6. The molecule has 0 saturated heterocycles. The van der Waals surface area contributed by atoms with Crippen LogP contribution < -0.4 is 10.6 Å². The molecule has 0 aromatic carbocycles. The van der Waals surface area contributed by atoms with E-state index in [1.54, 1.807) is 25.5 Å². The third kappa shape index (κ3) is 3.98. The van der Waals surface area contributed by atoms with Crippen molar-refractivity contribution in [3.63, 3.8) is 0 Å². The van der Waals surface area contributed by atoms with Crippen LogP contribution in [0.2, 0.25) is 0 Å². The molecule has 2 amide bonds. The van der Waals surface area contributed by atoms with E-state index in [9.17, 15) is 9.90 Å². The second kappa shape index (κ2) is 6.76. The zero-order valence-corrected chi connectivity index (χ0v) is 11.7. The van der Waals surface area contributed by atoms with Gasteiger partial charge in [-0.3, -0.25) is 0 Å². The molecule has 2 rings (SSSR count). The van der Waals surface area contributed by atoms with Crippen molar-refractivity contribution in [3.05, 3.63) is 24.2 Å². The van der Waals surface area contributed by atoms with Crippen molar-refractivity contribution in [2.24, 2.45) is 0 Å². The minimum absolute atomic E-state index is 0.274. The van der Waals surface area contributed by atoms with Gasteiger partial charge in [-0.1, -0.05) is 12.8 Å². The topological polar surface area (TPSA) is 83.7 Å². The first-order chi connectivity index (χ1) is 9.63. The Morgan fingerprint density at radius 1 is 1.55 bits per heavy atom. The summed E-state index contributed by atoms with van der Waals surface area (Å²) in [5, 5.41) is 15.7. The molecule has 1 heterocycles. The summed E-state index contributed by atoms with van der Waals surface area (Å²) < 4.78 is 10.3. The summed E-state index contributed by atoms with van der Waals surface area (Å²) in [7, 11) is 1.57. The van der Waals surface area contributed by atoms with Crippen LogP contribution in [-0.2, 0) is 4.74 Å². The molecule has 0 bridgehead atoms. The summed E-state index contributed by atoms with van der Waals surface area (Å²) in [5.74, 6) is 0.640. The van der Waals surface area contributed by atoms with E-state index in [0.717, 1.165) is 25.7 Å². The van der Waals surface area contributed by atoms with E-state index in [1.807, 2.05) is 0 Å². The highest BCUT2D eigenvalue weighted by Gasteiger charge is 2.31. The summed E-state index contributed by atoms with van der Waals surface area (Å²) in [4.78, 5) is 11.9. The molecule has 0 spiro atoms. The summed E-state index contributed by atoms with van der Waals surface area (Å²) in [6.45, 7) is 0.599. The van der Waals surface area contributed by atoms with Crippen LogP contribution in [0.4, 0.5) is 4.79 Å². The predicted octanol–water partition coefficient (Wildman–Crippen LogP) is 1.57. The molecular formula is C14H22N2O4. The number of ether oxygens (including phenoxy) is 1. The van der Waals surface area contributed by atoms with E-state index in [0.29, 0.717) is 12.4 Å². The molecule has 1 aromatic rings. The van der Waals surface area contributed by atoms with E-state index >= 15 is 0 Å². The number of urea groups is 1. The van der Waals surface area contributed by atoms with Crippen LogP contribution >= 0.6 is 0 Å². The van der Waals surface area contributed by atoms with Crippen LogP contribution in [0.25, 0.3) is 0 Å². The van der Waals surface area contributed by atoms with Gasteiger partial charge in [-0.05, 0) is 25.0 Å². The normalized spacial score (nSPS) is 18.7. The van der Waals surface area contributed by atoms with Gasteiger partial charge in [-0.25, -0.2) is 4.79 Å². The van der Waals surface area contributed by atoms with Gasteiger partial charge in [0.2, 0.25) is 0 Å². The number of nitrogens with one attached hydrogen (secondary N) is 2. The Morgan fingerprint density at radius 3 is 2.90 bits per heavy atom. The molecule has 20 heavy (non-hydrogen) atoms. The number of carbonyl (C=O) groups excluding carboxylic acids is 1. The Labute approximate surface area is 118 Å². The molecule has 0 aliphatic heterocycles. The Kier molecular flexibility index (Phi) is 5.03. The lowest BCUT2D eigenvalue weighted by Crippen LogP contribution is -2.46. The number of aliphatic hydroxyl groups is 1. The monoisotopic (exact) mass is 282 g/mol. The molecule has 1 aromatic heterocycles. The fourth-order valence-electron chi connectivity index (χ4n) is 2.52. The van der Waals surface area contributed by atoms with E-state index in [4.69, 9.17) is 9.15 Å². The number of carbonyl (C=O) groups is 1. The van der Waals surface area contributed by atoms with Gasteiger partial charge in [0.25, 0.3) is 0 Å². The van der Waals surface area contributed by atoms with Gasteiger partial charge in [0.15, 0.2) is 0 Å². The molecule has 1 unspecified atom stereocenters. The molecule has 1 atom stereocenters. The van der Waals surface area contributed by atoms with Crippen molar-refractivity contribution in [2.45, 2.75) is 37.3 Å². The third-order valence-corrected chi connectivity index (χ3v) is 3.64. The first kappa shape index (κ1) is 14.9. The fourth-order valence-corrected chi connectivity index (χ4v) is 2.52. The zero-order chi connectivity index (χ0) is 14.4. The van der Waals surface area contributed by atoms with Crippen LogP contribution in [0.5, 0.6) is 0 Å². The van der Waals surface area contributed by atoms with E-state index in [-0.39, 0.29) is 18.6 Å². The lowest BCUT2D eigenvalue weighted by atomic mass is 10.0. The van der Waals surface area contributed by atoms with Crippen molar-refractivity contribution in [2.75, 3.05) is 20.3 Å². The van der Waals surface area contributed by atoms with Gasteiger partial charge in [0.1, 0.15) is 11.8 Å². The van der Waals surface area contributed by atoms with Crippen molar-refractivity contribution in [3.8, 4) is 0 Å². The molecule has 1 saturated carbocycles. The largest absolute Gasteiger partial charge is 0.467 e. The van der Waals surface area contributed by atoms with E-state index in [2.05, 4.69) is 10.6 Å². The maximum atomic E-state index is 11.9. The number of furan rings is 1. The molecule has 1 aliphatic carbocycles. The molecule has 0 radical (unpaired) electrons. The highest BCUT2D eigenvalue weighted by Crippen LogP contribution is 2.28. The Hall–Kier alpha value is -1.53. The fraction of sp³-hybridized carbons (Fsp3) is 0.643. The van der Waals surface area contributed by atoms with E-state index in [1.165, 1.54) is 0 Å². The first-order valence-electron chi connectivity index (χ1n) is 6.92. The lowest BCUT2D eigenvalue weighted by Gasteiger charge is -2.23. The Balaban J connectivity index is 1.82. The van der Waals surface area contributed by atoms with Crippen LogP contribution in [0, 0.1) is 0 Å². The van der Waals surface area contributed by atoms with Gasteiger partial charge in [-0.15, -0.1) is 0 Å². The maximum absolute atomic E-state index is 11.9. The summed E-state index contributed by atoms with van der Waals surface area (Å²) in [6.07, 6.45) is 5.07. The smallest absolute Gasteiger partial charge is 0.315 e. The van der Waals surface area contributed by atoms with Crippen molar-refractivity contribution < 1.29 is 19.1 Å². The number of hydrogen-bond acceptors (Lipinski definition) is 4. The highest BCUT2D eigenvalue weighted by atomic mass is 16.5. The van der Waals surface area contributed by atoms with Gasteiger partial charge in [0.05, 0.1) is 18.5 Å². The minimum atomic E-state index is -0.751. The molecule has 1 aliphatic rings. The second-order valence-corrected chi connectivity index (χ2v) is 5.28. The minimum Gasteiger partial charge on any atom is -0.467 e. The van der Waals surface area contributed by atoms with Crippen LogP contribution in [0.3, 0.4) is 0 Å². The van der Waals surface area contributed by atoms with E-state index < -0.39 is 5.60 Å². The number of methoxy groups -OCH3 is 1. The van der Waals surface area contributed by atoms with Crippen LogP contribution in [-0.4, -0.2) is 37.0 Å². The third-order valence-electron chi connectivity index (χ3n) is 3.64. The van der Waals surface area contributed by atoms with Crippen LogP contribution in [0.15, 0.2) is 22.8 Å². The van der Waals surface area contributed by atoms with Gasteiger partial charge >= 0.3 is 6.03 Å². The molecular weight excluding hydrogens is 260 g/mol. The van der Waals surface area contributed by atoms with Crippen molar-refractivity contribution in [1.82, 2.24) is 10.6 Å². The predicted molar refractivity (Wildman–Crippen MR) is 73.3 cm³/mol. The Bertz CT molecular complexity index is 413.